The van der Waals surface area contributed by atoms with Crippen LogP contribution in [0.15, 0.2) is 53.4 Å². The van der Waals surface area contributed by atoms with Crippen molar-refractivity contribution in [3.8, 4) is 0 Å². The minimum atomic E-state index is -0.161. The first-order valence-corrected chi connectivity index (χ1v) is 7.90. The molecule has 4 heteroatoms. The van der Waals surface area contributed by atoms with Crippen molar-refractivity contribution >= 4 is 46.8 Å². The lowest BCUT2D eigenvalue weighted by atomic mass is 10.1. The first kappa shape index (κ1) is 15.2. The topological polar surface area (TPSA) is 17.1 Å². The molecule has 0 unspecified atom stereocenters. The van der Waals surface area contributed by atoms with E-state index in [0.717, 1.165) is 5.56 Å². The summed E-state index contributed by atoms with van der Waals surface area (Å²) >= 11 is 13.5. The fourth-order valence-corrected chi connectivity index (χ4v) is 2.45. The maximum atomic E-state index is 12.1. The smallest absolute Gasteiger partial charge is 0.187 e. The molecule has 0 aliphatic heterocycles. The number of carbonyl (C=O) groups is 1. The summed E-state index contributed by atoms with van der Waals surface area (Å²) in [7, 11) is 0. The second kappa shape index (κ2) is 6.98. The molecule has 0 amide bonds. The quantitative estimate of drug-likeness (QED) is 0.413. The maximum Gasteiger partial charge on any atom is 0.187 e. The second-order valence-electron chi connectivity index (χ2n) is 4.09. The fourth-order valence-electron chi connectivity index (χ4n) is 1.66. The molecule has 0 heterocycles. The summed E-state index contributed by atoms with van der Waals surface area (Å²) in [5.74, 6) is -0.161. The van der Waals surface area contributed by atoms with Crippen LogP contribution in [0, 0.1) is 0 Å². The molecule has 2 aromatic carbocycles. The van der Waals surface area contributed by atoms with Gasteiger partial charge in [0.05, 0.1) is 5.02 Å². The Morgan fingerprint density at radius 2 is 1.80 bits per heavy atom. The summed E-state index contributed by atoms with van der Waals surface area (Å²) in [6.07, 6.45) is 5.30. The molecule has 0 atom stereocenters. The second-order valence-corrected chi connectivity index (χ2v) is 5.82. The minimum absolute atomic E-state index is 0.161. The van der Waals surface area contributed by atoms with Crippen molar-refractivity contribution < 1.29 is 4.79 Å². The van der Waals surface area contributed by atoms with Gasteiger partial charge in [-0.05, 0) is 48.2 Å². The van der Waals surface area contributed by atoms with Crippen LogP contribution in [-0.2, 0) is 0 Å². The first-order valence-electron chi connectivity index (χ1n) is 5.91. The van der Waals surface area contributed by atoms with Gasteiger partial charge < -0.3 is 0 Å². The lowest BCUT2D eigenvalue weighted by Gasteiger charge is -2.01. The molecule has 2 aromatic rings. The van der Waals surface area contributed by atoms with Crippen molar-refractivity contribution in [3.63, 3.8) is 0 Å². The molecule has 0 saturated carbocycles. The zero-order valence-corrected chi connectivity index (χ0v) is 13.1. The van der Waals surface area contributed by atoms with Gasteiger partial charge >= 0.3 is 0 Å². The third kappa shape index (κ3) is 3.89. The van der Waals surface area contributed by atoms with Gasteiger partial charge in [-0.2, -0.15) is 0 Å². The third-order valence-corrected chi connectivity index (χ3v) is 4.05. The van der Waals surface area contributed by atoms with Gasteiger partial charge in [0, 0.05) is 15.5 Å². The molecular formula is C16H12Cl2OS. The Morgan fingerprint density at radius 1 is 1.10 bits per heavy atom. The Hall–Kier alpha value is -1.22. The van der Waals surface area contributed by atoms with Crippen LogP contribution in [-0.4, -0.2) is 12.0 Å². The molecular weight excluding hydrogens is 311 g/mol. The summed E-state index contributed by atoms with van der Waals surface area (Å²) in [6, 6.07) is 12.8. The molecule has 20 heavy (non-hydrogen) atoms. The van der Waals surface area contributed by atoms with Crippen LogP contribution in [0.25, 0.3) is 6.08 Å². The number of hydrogen-bond donors (Lipinski definition) is 0. The van der Waals surface area contributed by atoms with Crippen molar-refractivity contribution in [2.45, 2.75) is 4.90 Å². The molecule has 1 nitrogen and oxygen atoms in total. The summed E-state index contributed by atoms with van der Waals surface area (Å²) < 4.78 is 0. The highest BCUT2D eigenvalue weighted by Crippen LogP contribution is 2.22. The molecule has 0 radical (unpaired) electrons. The van der Waals surface area contributed by atoms with Crippen LogP contribution in [0.1, 0.15) is 15.9 Å². The Labute approximate surface area is 132 Å². The summed E-state index contributed by atoms with van der Waals surface area (Å²) in [6.45, 7) is 0. The molecule has 0 N–H and O–H groups in total. The number of allylic oxidation sites excluding steroid dienone is 1. The van der Waals surface area contributed by atoms with Gasteiger partial charge in [-0.3, -0.25) is 4.79 Å². The van der Waals surface area contributed by atoms with E-state index in [-0.39, 0.29) is 5.78 Å². The molecule has 0 bridgehead atoms. The molecule has 0 aliphatic rings. The van der Waals surface area contributed by atoms with Crippen LogP contribution < -0.4 is 0 Å². The summed E-state index contributed by atoms with van der Waals surface area (Å²) in [5, 5.41) is 0.900. The van der Waals surface area contributed by atoms with E-state index >= 15 is 0 Å². The number of halogens is 2. The van der Waals surface area contributed by atoms with E-state index in [2.05, 4.69) is 0 Å². The van der Waals surface area contributed by atoms with Crippen molar-refractivity contribution in [1.82, 2.24) is 0 Å². The lowest BCUT2D eigenvalue weighted by Crippen LogP contribution is -1.95. The van der Waals surface area contributed by atoms with Crippen LogP contribution in [0.5, 0.6) is 0 Å². The largest absolute Gasteiger partial charge is 0.289 e. The van der Waals surface area contributed by atoms with Gasteiger partial charge in [0.2, 0.25) is 0 Å². The van der Waals surface area contributed by atoms with Gasteiger partial charge in [-0.15, -0.1) is 11.8 Å². The number of ketones is 1. The highest BCUT2D eigenvalue weighted by molar-refractivity contribution is 7.98. The predicted molar refractivity (Wildman–Crippen MR) is 88.0 cm³/mol. The molecule has 0 spiro atoms. The molecule has 2 rings (SSSR count). The first-order chi connectivity index (χ1) is 9.60. The average Bonchev–Trinajstić information content (AvgIpc) is 2.47. The molecule has 0 fully saturated rings. The highest BCUT2D eigenvalue weighted by Gasteiger charge is 2.07. The Morgan fingerprint density at radius 3 is 2.45 bits per heavy atom. The lowest BCUT2D eigenvalue weighted by molar-refractivity contribution is 0.104. The summed E-state index contributed by atoms with van der Waals surface area (Å²) in [4.78, 5) is 13.3. The number of hydrogen-bond acceptors (Lipinski definition) is 2. The Bertz CT molecular complexity index is 648. The zero-order valence-electron chi connectivity index (χ0n) is 10.8. The van der Waals surface area contributed by atoms with E-state index in [4.69, 9.17) is 23.2 Å². The van der Waals surface area contributed by atoms with Crippen molar-refractivity contribution in [2.24, 2.45) is 0 Å². The maximum absolute atomic E-state index is 12.1. The third-order valence-electron chi connectivity index (χ3n) is 2.74. The fraction of sp³-hybridized carbons (Fsp3) is 0.0625. The van der Waals surface area contributed by atoms with E-state index in [1.807, 2.05) is 30.5 Å². The van der Waals surface area contributed by atoms with E-state index in [1.165, 1.54) is 11.0 Å². The van der Waals surface area contributed by atoms with Crippen molar-refractivity contribution in [1.29, 1.82) is 0 Å². The van der Waals surface area contributed by atoms with Gasteiger partial charge in [0.25, 0.3) is 0 Å². The normalized spacial score (nSPS) is 10.9. The number of benzene rings is 2. The van der Waals surface area contributed by atoms with Gasteiger partial charge in [0.1, 0.15) is 0 Å². The number of rotatable bonds is 4. The highest BCUT2D eigenvalue weighted by atomic mass is 35.5. The summed E-state index contributed by atoms with van der Waals surface area (Å²) in [5.41, 5.74) is 1.38. The molecule has 0 saturated heterocycles. The Kier molecular flexibility index (Phi) is 5.30. The molecule has 0 aromatic heterocycles. The van der Waals surface area contributed by atoms with E-state index in [1.54, 1.807) is 36.0 Å². The average molecular weight is 323 g/mol. The molecule has 102 valence electrons. The monoisotopic (exact) mass is 322 g/mol. The zero-order chi connectivity index (χ0) is 14.5. The van der Waals surface area contributed by atoms with E-state index < -0.39 is 0 Å². The van der Waals surface area contributed by atoms with Crippen molar-refractivity contribution in [2.75, 3.05) is 6.26 Å². The number of carbonyl (C=O) groups excluding carboxylic acids is 1. The van der Waals surface area contributed by atoms with Crippen molar-refractivity contribution in [3.05, 3.63) is 69.7 Å². The van der Waals surface area contributed by atoms with Gasteiger partial charge in [0.15, 0.2) is 5.78 Å². The van der Waals surface area contributed by atoms with Crippen LogP contribution in [0.4, 0.5) is 0 Å². The van der Waals surface area contributed by atoms with Crippen LogP contribution in [0.3, 0.4) is 0 Å². The minimum Gasteiger partial charge on any atom is -0.289 e. The van der Waals surface area contributed by atoms with E-state index in [0.29, 0.717) is 15.6 Å². The molecule has 0 aliphatic carbocycles. The number of thioether (sulfide) groups is 1. The van der Waals surface area contributed by atoms with Crippen LogP contribution >= 0.6 is 35.0 Å². The van der Waals surface area contributed by atoms with E-state index in [9.17, 15) is 4.79 Å². The standard InChI is InChI=1S/C16H12Cl2OS/c1-20-13-6-2-11(3-7-13)4-9-16(19)14-10-12(17)5-8-15(14)18/h2-10H,1H3/b9-4+. The SMILES string of the molecule is CSc1ccc(/C=C/C(=O)c2cc(Cl)ccc2Cl)cc1. The predicted octanol–water partition coefficient (Wildman–Crippen LogP) is 5.61. The van der Waals surface area contributed by atoms with Crippen LogP contribution in [0.2, 0.25) is 10.0 Å². The van der Waals surface area contributed by atoms with Gasteiger partial charge in [-0.25, -0.2) is 0 Å². The van der Waals surface area contributed by atoms with Gasteiger partial charge in [-0.1, -0.05) is 41.4 Å². The Balaban J connectivity index is 2.17.